The lowest BCUT2D eigenvalue weighted by molar-refractivity contribution is -0.138. The molecule has 2 rings (SSSR count). The Hall–Kier alpha value is -2.02. The maximum Gasteiger partial charge on any atom is 0.303 e. The number of aromatic nitrogens is 1. The van der Waals surface area contributed by atoms with Gasteiger partial charge in [0.15, 0.2) is 5.58 Å². The number of nitrogens with zero attached hydrogens (tertiary/aromatic N) is 1. The van der Waals surface area contributed by atoms with Crippen molar-refractivity contribution >= 4 is 34.7 Å². The summed E-state index contributed by atoms with van der Waals surface area (Å²) in [6.07, 6.45) is -0.146. The Kier molecular flexibility index (Phi) is 5.00. The molecule has 1 amide bonds. The first-order valence-electron chi connectivity index (χ1n) is 6.12. The summed E-state index contributed by atoms with van der Waals surface area (Å²) < 4.78 is 5.52. The van der Waals surface area contributed by atoms with Crippen LogP contribution in [0.15, 0.2) is 33.9 Å². The first-order valence-corrected chi connectivity index (χ1v) is 7.10. The van der Waals surface area contributed by atoms with E-state index in [2.05, 4.69) is 10.3 Å². The minimum atomic E-state index is -0.971. The third-order valence-electron chi connectivity index (χ3n) is 2.49. The summed E-state index contributed by atoms with van der Waals surface area (Å²) in [5.74, 6) is -0.613. The van der Waals surface area contributed by atoms with E-state index in [-0.39, 0.29) is 18.7 Å². The summed E-state index contributed by atoms with van der Waals surface area (Å²) in [7, 11) is 0. The first kappa shape index (κ1) is 14.4. The number of hydrogen-bond acceptors (Lipinski definition) is 5. The molecule has 20 heavy (non-hydrogen) atoms. The molecule has 0 unspecified atom stereocenters. The van der Waals surface area contributed by atoms with Crippen molar-refractivity contribution in [1.82, 2.24) is 10.3 Å². The number of carbonyl (C=O) groups excluding carboxylic acids is 1. The molecule has 0 aliphatic carbocycles. The Morgan fingerprint density at radius 3 is 2.85 bits per heavy atom. The topological polar surface area (TPSA) is 92.4 Å². The van der Waals surface area contributed by atoms with E-state index >= 15 is 0 Å². The van der Waals surface area contributed by atoms with Crippen LogP contribution in [-0.2, 0) is 9.59 Å². The molecule has 106 valence electrons. The van der Waals surface area contributed by atoms with Crippen molar-refractivity contribution in [2.24, 2.45) is 0 Å². The molecule has 0 aliphatic rings. The maximum atomic E-state index is 11.3. The van der Waals surface area contributed by atoms with E-state index in [0.717, 1.165) is 11.1 Å². The van der Waals surface area contributed by atoms with Crippen LogP contribution in [0.4, 0.5) is 0 Å². The van der Waals surface area contributed by atoms with Crippen LogP contribution < -0.4 is 5.32 Å². The highest BCUT2D eigenvalue weighted by molar-refractivity contribution is 7.99. The average Bonchev–Trinajstić information content (AvgIpc) is 2.84. The number of hydrogen-bond donors (Lipinski definition) is 2. The number of nitrogens with one attached hydrogen (secondary N) is 1. The second-order valence-electron chi connectivity index (χ2n) is 4.04. The molecule has 6 nitrogen and oxygen atoms in total. The molecule has 0 atom stereocenters. The third-order valence-corrected chi connectivity index (χ3v) is 3.32. The molecule has 1 aromatic heterocycles. The van der Waals surface area contributed by atoms with Gasteiger partial charge in [-0.15, -0.1) is 0 Å². The van der Waals surface area contributed by atoms with Crippen LogP contribution in [0.3, 0.4) is 0 Å². The van der Waals surface area contributed by atoms with E-state index in [1.807, 2.05) is 24.3 Å². The highest BCUT2D eigenvalue weighted by Gasteiger charge is 2.07. The maximum absolute atomic E-state index is 11.3. The zero-order chi connectivity index (χ0) is 14.4. The predicted octanol–water partition coefficient (Wildman–Crippen LogP) is 1.90. The summed E-state index contributed by atoms with van der Waals surface area (Å²) >= 11 is 1.40. The Balaban J connectivity index is 1.70. The monoisotopic (exact) mass is 294 g/mol. The standard InChI is InChI=1S/C13H14N2O4S/c16-11(5-6-12(17)18)14-7-8-20-13-15-9-3-1-2-4-10(9)19-13/h1-4H,5-8H2,(H,14,16)(H,17,18). The molecular weight excluding hydrogens is 280 g/mol. The summed E-state index contributed by atoms with van der Waals surface area (Å²) in [5.41, 5.74) is 1.54. The Labute approximate surface area is 119 Å². The van der Waals surface area contributed by atoms with Gasteiger partial charge in [0.1, 0.15) is 5.52 Å². The van der Waals surface area contributed by atoms with Gasteiger partial charge in [-0.2, -0.15) is 0 Å². The third kappa shape index (κ3) is 4.27. The van der Waals surface area contributed by atoms with Crippen LogP contribution in [0.2, 0.25) is 0 Å². The Morgan fingerprint density at radius 2 is 2.10 bits per heavy atom. The zero-order valence-electron chi connectivity index (χ0n) is 10.7. The summed E-state index contributed by atoms with van der Waals surface area (Å²) in [5, 5.41) is 11.7. The van der Waals surface area contributed by atoms with Gasteiger partial charge in [-0.25, -0.2) is 4.98 Å². The van der Waals surface area contributed by atoms with Crippen molar-refractivity contribution in [3.63, 3.8) is 0 Å². The van der Waals surface area contributed by atoms with Crippen molar-refractivity contribution in [2.75, 3.05) is 12.3 Å². The fraction of sp³-hybridized carbons (Fsp3) is 0.308. The molecule has 2 aromatic rings. The fourth-order valence-corrected chi connectivity index (χ4v) is 2.24. The lowest BCUT2D eigenvalue weighted by atomic mass is 10.3. The fourth-order valence-electron chi connectivity index (χ4n) is 1.55. The molecule has 1 heterocycles. The van der Waals surface area contributed by atoms with E-state index in [0.29, 0.717) is 17.5 Å². The van der Waals surface area contributed by atoms with Gasteiger partial charge >= 0.3 is 5.97 Å². The van der Waals surface area contributed by atoms with Gasteiger partial charge < -0.3 is 14.8 Å². The molecule has 0 aliphatic heterocycles. The van der Waals surface area contributed by atoms with Gasteiger partial charge in [0.25, 0.3) is 5.22 Å². The number of para-hydroxylation sites is 2. The van der Waals surface area contributed by atoms with Gasteiger partial charge in [-0.3, -0.25) is 9.59 Å². The van der Waals surface area contributed by atoms with Crippen LogP contribution in [-0.4, -0.2) is 34.3 Å². The summed E-state index contributed by atoms with van der Waals surface area (Å²) in [4.78, 5) is 25.9. The Bertz CT molecular complexity index is 578. The minimum absolute atomic E-state index is 0.00286. The largest absolute Gasteiger partial charge is 0.481 e. The average molecular weight is 294 g/mol. The van der Waals surface area contributed by atoms with E-state index in [4.69, 9.17) is 9.52 Å². The normalized spacial score (nSPS) is 10.6. The van der Waals surface area contributed by atoms with Gasteiger partial charge in [0.2, 0.25) is 5.91 Å². The smallest absolute Gasteiger partial charge is 0.303 e. The number of carbonyl (C=O) groups is 2. The predicted molar refractivity (Wildman–Crippen MR) is 74.6 cm³/mol. The van der Waals surface area contributed by atoms with Gasteiger partial charge in [-0.1, -0.05) is 23.9 Å². The van der Waals surface area contributed by atoms with Crippen LogP contribution >= 0.6 is 11.8 Å². The number of fused-ring (bicyclic) bond motifs is 1. The van der Waals surface area contributed by atoms with Crippen molar-refractivity contribution < 1.29 is 19.1 Å². The van der Waals surface area contributed by atoms with E-state index in [1.54, 1.807) is 0 Å². The number of carboxylic acids is 1. The van der Waals surface area contributed by atoms with Gasteiger partial charge in [0.05, 0.1) is 6.42 Å². The molecule has 1 aromatic carbocycles. The molecule has 0 radical (unpaired) electrons. The number of benzene rings is 1. The summed E-state index contributed by atoms with van der Waals surface area (Å²) in [6, 6.07) is 7.49. The Morgan fingerprint density at radius 1 is 1.30 bits per heavy atom. The number of thioether (sulfide) groups is 1. The molecule has 7 heteroatoms. The quantitative estimate of drug-likeness (QED) is 0.598. The van der Waals surface area contributed by atoms with Crippen LogP contribution in [0.1, 0.15) is 12.8 Å². The second kappa shape index (κ2) is 6.95. The molecular formula is C13H14N2O4S. The summed E-state index contributed by atoms with van der Waals surface area (Å²) in [6.45, 7) is 0.446. The van der Waals surface area contributed by atoms with E-state index in [9.17, 15) is 9.59 Å². The number of amides is 1. The van der Waals surface area contributed by atoms with Crippen molar-refractivity contribution in [3.05, 3.63) is 24.3 Å². The highest BCUT2D eigenvalue weighted by atomic mass is 32.2. The number of carboxylic acid groups (broad SMARTS) is 1. The molecule has 0 saturated carbocycles. The van der Waals surface area contributed by atoms with E-state index in [1.165, 1.54) is 11.8 Å². The molecule has 0 saturated heterocycles. The van der Waals surface area contributed by atoms with Crippen LogP contribution in [0.25, 0.3) is 11.1 Å². The van der Waals surface area contributed by atoms with Crippen molar-refractivity contribution in [2.45, 2.75) is 18.1 Å². The lowest BCUT2D eigenvalue weighted by Gasteiger charge is -2.02. The SMILES string of the molecule is O=C(O)CCC(=O)NCCSc1nc2ccccc2o1. The number of aliphatic carboxylic acids is 1. The molecule has 0 spiro atoms. The molecule has 0 bridgehead atoms. The van der Waals surface area contributed by atoms with Crippen molar-refractivity contribution in [1.29, 1.82) is 0 Å². The van der Waals surface area contributed by atoms with Crippen LogP contribution in [0.5, 0.6) is 0 Å². The minimum Gasteiger partial charge on any atom is -0.481 e. The van der Waals surface area contributed by atoms with Gasteiger partial charge in [0, 0.05) is 18.7 Å². The first-order chi connectivity index (χ1) is 9.65. The molecule has 0 fully saturated rings. The highest BCUT2D eigenvalue weighted by Crippen LogP contribution is 2.22. The zero-order valence-corrected chi connectivity index (χ0v) is 11.5. The number of rotatable bonds is 7. The van der Waals surface area contributed by atoms with Gasteiger partial charge in [-0.05, 0) is 12.1 Å². The van der Waals surface area contributed by atoms with Crippen LogP contribution in [0, 0.1) is 0 Å². The lowest BCUT2D eigenvalue weighted by Crippen LogP contribution is -2.26. The number of oxazole rings is 1. The van der Waals surface area contributed by atoms with Crippen molar-refractivity contribution in [3.8, 4) is 0 Å². The van der Waals surface area contributed by atoms with E-state index < -0.39 is 5.97 Å². The molecule has 2 N–H and O–H groups in total. The second-order valence-corrected chi connectivity index (χ2v) is 5.09.